The van der Waals surface area contributed by atoms with Gasteiger partial charge in [0.15, 0.2) is 17.3 Å². The number of fused-ring (bicyclic) bond motifs is 1. The lowest BCUT2D eigenvalue weighted by molar-refractivity contribution is -0.138. The summed E-state index contributed by atoms with van der Waals surface area (Å²) in [5, 5.41) is 3.37. The molecule has 0 bridgehead atoms. The molecule has 31 heavy (non-hydrogen) atoms. The van der Waals surface area contributed by atoms with E-state index in [9.17, 15) is 9.59 Å². The zero-order valence-electron chi connectivity index (χ0n) is 18.5. The van der Waals surface area contributed by atoms with Gasteiger partial charge >= 0.3 is 5.97 Å². The molecule has 1 aromatic rings. The summed E-state index contributed by atoms with van der Waals surface area (Å²) in [7, 11) is 0. The Balaban J connectivity index is 1.75. The number of thioether (sulfide) groups is 1. The van der Waals surface area contributed by atoms with Crippen LogP contribution in [0.25, 0.3) is 0 Å². The van der Waals surface area contributed by atoms with Crippen LogP contribution in [0.3, 0.4) is 0 Å². The van der Waals surface area contributed by atoms with Crippen molar-refractivity contribution >= 4 is 23.5 Å². The summed E-state index contributed by atoms with van der Waals surface area (Å²) >= 11 is 1.72. The molecule has 3 aliphatic rings. The first-order valence-electron chi connectivity index (χ1n) is 10.7. The van der Waals surface area contributed by atoms with Crippen LogP contribution in [0, 0.1) is 5.41 Å². The van der Waals surface area contributed by atoms with Crippen molar-refractivity contribution in [1.29, 1.82) is 0 Å². The first-order chi connectivity index (χ1) is 14.8. The topological polar surface area (TPSA) is 73.9 Å². The molecule has 7 heteroatoms. The lowest BCUT2D eigenvalue weighted by atomic mass is 9.68. The monoisotopic (exact) mass is 443 g/mol. The van der Waals surface area contributed by atoms with E-state index in [0.717, 1.165) is 34.9 Å². The lowest BCUT2D eigenvalue weighted by Gasteiger charge is -2.39. The summed E-state index contributed by atoms with van der Waals surface area (Å²) in [6.45, 7) is 8.66. The normalized spacial score (nSPS) is 21.7. The van der Waals surface area contributed by atoms with Gasteiger partial charge in [-0.2, -0.15) is 11.8 Å². The molecule has 0 saturated carbocycles. The first-order valence-corrected chi connectivity index (χ1v) is 11.8. The van der Waals surface area contributed by atoms with Gasteiger partial charge in [0.25, 0.3) is 0 Å². The summed E-state index contributed by atoms with van der Waals surface area (Å²) in [4.78, 5) is 26.5. The predicted octanol–water partition coefficient (Wildman–Crippen LogP) is 4.32. The van der Waals surface area contributed by atoms with Crippen LogP contribution in [0.4, 0.5) is 0 Å². The SMILES string of the molecule is CCSCCOC(=O)C1=C(C)NC2=C(C(=O)CC(C)(C)C2)C1c1ccc2c(c1)OCO2. The van der Waals surface area contributed by atoms with Crippen molar-refractivity contribution in [3.63, 3.8) is 0 Å². The Morgan fingerprint density at radius 2 is 2.03 bits per heavy atom. The van der Waals surface area contributed by atoms with E-state index in [-0.39, 0.29) is 24.0 Å². The van der Waals surface area contributed by atoms with E-state index in [2.05, 4.69) is 26.1 Å². The highest BCUT2D eigenvalue weighted by Gasteiger charge is 2.43. The fraction of sp³-hybridized carbons (Fsp3) is 0.500. The van der Waals surface area contributed by atoms with Crippen molar-refractivity contribution in [2.45, 2.75) is 46.5 Å². The number of esters is 1. The number of ether oxygens (including phenoxy) is 3. The number of rotatable bonds is 6. The Kier molecular flexibility index (Phi) is 6.06. The highest BCUT2D eigenvalue weighted by Crippen LogP contribution is 2.48. The second-order valence-corrected chi connectivity index (χ2v) is 10.3. The standard InChI is InChI=1S/C24H29NO5S/c1-5-31-9-8-28-23(27)20-14(2)25-16-11-24(3,4)12-17(26)22(16)21(20)15-6-7-18-19(10-15)30-13-29-18/h6-7,10,21,25H,5,8-9,11-13H2,1-4H3. The second-order valence-electron chi connectivity index (χ2n) is 8.88. The predicted molar refractivity (Wildman–Crippen MR) is 120 cm³/mol. The van der Waals surface area contributed by atoms with Gasteiger partial charge in [0.1, 0.15) is 6.61 Å². The zero-order chi connectivity index (χ0) is 22.2. The summed E-state index contributed by atoms with van der Waals surface area (Å²) < 4.78 is 16.6. The van der Waals surface area contributed by atoms with Gasteiger partial charge in [-0.3, -0.25) is 4.79 Å². The number of carbonyl (C=O) groups excluding carboxylic acids is 2. The van der Waals surface area contributed by atoms with Gasteiger partial charge in [0.2, 0.25) is 6.79 Å². The van der Waals surface area contributed by atoms with Crippen LogP contribution in [0.5, 0.6) is 11.5 Å². The van der Waals surface area contributed by atoms with Crippen molar-refractivity contribution in [1.82, 2.24) is 5.32 Å². The molecule has 4 rings (SSSR count). The molecule has 0 amide bonds. The van der Waals surface area contributed by atoms with Gasteiger partial charge < -0.3 is 19.5 Å². The molecule has 0 fully saturated rings. The lowest BCUT2D eigenvalue weighted by Crippen LogP contribution is -2.38. The molecule has 0 saturated heterocycles. The Bertz CT molecular complexity index is 978. The number of hydrogen-bond acceptors (Lipinski definition) is 7. The highest BCUT2D eigenvalue weighted by molar-refractivity contribution is 7.99. The maximum Gasteiger partial charge on any atom is 0.336 e. The quantitative estimate of drug-likeness (QED) is 0.519. The van der Waals surface area contributed by atoms with E-state index in [1.54, 1.807) is 11.8 Å². The van der Waals surface area contributed by atoms with Crippen molar-refractivity contribution in [2.75, 3.05) is 24.9 Å². The van der Waals surface area contributed by atoms with E-state index in [0.29, 0.717) is 35.7 Å². The van der Waals surface area contributed by atoms with Crippen LogP contribution in [0.1, 0.15) is 52.0 Å². The van der Waals surface area contributed by atoms with Crippen LogP contribution in [-0.2, 0) is 14.3 Å². The Morgan fingerprint density at radius 1 is 1.26 bits per heavy atom. The molecule has 1 aliphatic carbocycles. The number of dihydropyridines is 1. The molecule has 0 aromatic heterocycles. The third kappa shape index (κ3) is 4.33. The molecule has 0 radical (unpaired) electrons. The van der Waals surface area contributed by atoms with Gasteiger partial charge in [0, 0.05) is 35.1 Å². The summed E-state index contributed by atoms with van der Waals surface area (Å²) in [5.41, 5.74) is 3.50. The third-order valence-electron chi connectivity index (χ3n) is 5.85. The number of benzene rings is 1. The summed E-state index contributed by atoms with van der Waals surface area (Å²) in [6, 6.07) is 5.63. The molecular weight excluding hydrogens is 414 g/mol. The molecule has 6 nitrogen and oxygen atoms in total. The minimum Gasteiger partial charge on any atom is -0.461 e. The average molecular weight is 444 g/mol. The van der Waals surface area contributed by atoms with Gasteiger partial charge in [-0.25, -0.2) is 4.79 Å². The Labute approximate surface area is 187 Å². The molecule has 1 atom stereocenters. The molecule has 1 aromatic carbocycles. The number of Topliss-reactive ketones (excluding diaryl/α,β-unsaturated/α-hetero) is 1. The molecule has 1 N–H and O–H groups in total. The smallest absolute Gasteiger partial charge is 0.336 e. The number of hydrogen-bond donors (Lipinski definition) is 1. The van der Waals surface area contributed by atoms with Crippen molar-refractivity contribution in [3.8, 4) is 11.5 Å². The van der Waals surface area contributed by atoms with Gasteiger partial charge in [-0.05, 0) is 42.2 Å². The third-order valence-corrected chi connectivity index (χ3v) is 6.72. The molecule has 166 valence electrons. The number of nitrogens with one attached hydrogen (secondary N) is 1. The minimum atomic E-state index is -0.485. The molecule has 2 aliphatic heterocycles. The van der Waals surface area contributed by atoms with Crippen LogP contribution in [0.15, 0.2) is 40.7 Å². The van der Waals surface area contributed by atoms with Crippen molar-refractivity contribution < 1.29 is 23.8 Å². The molecular formula is C24H29NO5S. The van der Waals surface area contributed by atoms with E-state index in [4.69, 9.17) is 14.2 Å². The van der Waals surface area contributed by atoms with Gasteiger partial charge in [-0.15, -0.1) is 0 Å². The number of carbonyl (C=O) groups is 2. The Hall–Kier alpha value is -2.41. The van der Waals surface area contributed by atoms with Crippen molar-refractivity contribution in [2.24, 2.45) is 5.41 Å². The maximum absolute atomic E-state index is 13.3. The average Bonchev–Trinajstić information content (AvgIpc) is 3.16. The Morgan fingerprint density at radius 3 is 2.81 bits per heavy atom. The van der Waals surface area contributed by atoms with E-state index >= 15 is 0 Å². The number of allylic oxidation sites excluding steroid dienone is 3. The second kappa shape index (κ2) is 8.61. The van der Waals surface area contributed by atoms with Crippen LogP contribution in [-0.4, -0.2) is 36.7 Å². The van der Waals surface area contributed by atoms with Crippen LogP contribution in [0.2, 0.25) is 0 Å². The molecule has 2 heterocycles. The molecule has 0 spiro atoms. The number of ketones is 1. The zero-order valence-corrected chi connectivity index (χ0v) is 19.3. The fourth-order valence-corrected chi connectivity index (χ4v) is 5.04. The van der Waals surface area contributed by atoms with E-state index in [1.807, 2.05) is 25.1 Å². The molecule has 1 unspecified atom stereocenters. The van der Waals surface area contributed by atoms with Crippen molar-refractivity contribution in [3.05, 3.63) is 46.3 Å². The van der Waals surface area contributed by atoms with Gasteiger partial charge in [0.05, 0.1) is 5.57 Å². The summed E-state index contributed by atoms with van der Waals surface area (Å²) in [5.74, 6) is 2.23. The minimum absolute atomic E-state index is 0.0701. The highest BCUT2D eigenvalue weighted by atomic mass is 32.2. The van der Waals surface area contributed by atoms with E-state index < -0.39 is 5.92 Å². The fourth-order valence-electron chi connectivity index (χ4n) is 4.55. The van der Waals surface area contributed by atoms with Gasteiger partial charge in [-0.1, -0.05) is 26.8 Å². The summed E-state index contributed by atoms with van der Waals surface area (Å²) in [6.07, 6.45) is 1.20. The largest absolute Gasteiger partial charge is 0.461 e. The van der Waals surface area contributed by atoms with Crippen LogP contribution >= 0.6 is 11.8 Å². The first kappa shape index (κ1) is 21.8. The maximum atomic E-state index is 13.3. The van der Waals surface area contributed by atoms with E-state index in [1.165, 1.54) is 0 Å². The van der Waals surface area contributed by atoms with Crippen LogP contribution < -0.4 is 14.8 Å².